The second kappa shape index (κ2) is 5.77. The molecule has 0 aliphatic carbocycles. The van der Waals surface area contributed by atoms with Crippen LogP contribution in [0.5, 0.6) is 5.75 Å². The van der Waals surface area contributed by atoms with Crippen molar-refractivity contribution in [2.24, 2.45) is 0 Å². The molecule has 0 bridgehead atoms. The number of aromatic hydroxyl groups is 1. The van der Waals surface area contributed by atoms with Crippen LogP contribution < -0.4 is 11.3 Å². The molecule has 0 aliphatic rings. The van der Waals surface area contributed by atoms with Crippen LogP contribution in [0.15, 0.2) is 46.6 Å². The molecule has 0 fully saturated rings. The van der Waals surface area contributed by atoms with E-state index in [1.807, 2.05) is 41.8 Å². The summed E-state index contributed by atoms with van der Waals surface area (Å²) >= 11 is 2.90. The zero-order valence-corrected chi connectivity index (χ0v) is 14.4. The van der Waals surface area contributed by atoms with Crippen LogP contribution in [0.2, 0.25) is 0 Å². The van der Waals surface area contributed by atoms with Crippen molar-refractivity contribution in [3.05, 3.63) is 57.7 Å². The summed E-state index contributed by atoms with van der Waals surface area (Å²) in [4.78, 5) is 17.0. The van der Waals surface area contributed by atoms with Gasteiger partial charge in [-0.1, -0.05) is 12.1 Å². The number of H-pyrrole nitrogens is 1. The highest BCUT2D eigenvalue weighted by atomic mass is 32.1. The third-order valence-electron chi connectivity index (χ3n) is 3.90. The molecule has 25 heavy (non-hydrogen) atoms. The maximum absolute atomic E-state index is 11.8. The van der Waals surface area contributed by atoms with Crippen LogP contribution in [-0.4, -0.2) is 10.1 Å². The minimum atomic E-state index is -0.574. The van der Waals surface area contributed by atoms with Crippen molar-refractivity contribution in [1.29, 1.82) is 5.26 Å². The van der Waals surface area contributed by atoms with Gasteiger partial charge in [-0.25, -0.2) is 0 Å². The molecule has 3 aromatic heterocycles. The van der Waals surface area contributed by atoms with Crippen molar-refractivity contribution in [2.45, 2.75) is 0 Å². The zero-order chi connectivity index (χ0) is 17.6. The molecule has 0 saturated heterocycles. The zero-order valence-electron chi connectivity index (χ0n) is 12.7. The number of aromatic amines is 1. The number of thiophene rings is 2. The number of aromatic nitrogens is 1. The fraction of sp³-hybridized carbons (Fsp3) is 0. The van der Waals surface area contributed by atoms with Gasteiger partial charge in [0.1, 0.15) is 16.6 Å². The molecule has 5 nitrogen and oxygen atoms in total. The van der Waals surface area contributed by atoms with Gasteiger partial charge in [-0.05, 0) is 29.8 Å². The van der Waals surface area contributed by atoms with Crippen LogP contribution in [0.1, 0.15) is 5.56 Å². The van der Waals surface area contributed by atoms with Gasteiger partial charge >= 0.3 is 0 Å². The lowest BCUT2D eigenvalue weighted by molar-refractivity contribution is 0.479. The molecule has 0 amide bonds. The number of benzene rings is 1. The van der Waals surface area contributed by atoms with E-state index in [1.165, 1.54) is 11.3 Å². The Bertz CT molecular complexity index is 1190. The first-order valence-corrected chi connectivity index (χ1v) is 9.00. The predicted octanol–water partition coefficient (Wildman–Crippen LogP) is 4.14. The number of pyridine rings is 1. The highest BCUT2D eigenvalue weighted by molar-refractivity contribution is 7.20. The molecule has 3 heterocycles. The molecule has 0 saturated carbocycles. The van der Waals surface area contributed by atoms with Crippen molar-refractivity contribution in [3.8, 4) is 32.7 Å². The van der Waals surface area contributed by atoms with E-state index in [2.05, 4.69) is 4.98 Å². The molecule has 7 heteroatoms. The fourth-order valence-corrected chi connectivity index (χ4v) is 4.72. The molecule has 0 radical (unpaired) electrons. The van der Waals surface area contributed by atoms with E-state index >= 15 is 0 Å². The van der Waals surface area contributed by atoms with Crippen molar-refractivity contribution in [2.75, 3.05) is 5.73 Å². The number of nitrogen functional groups attached to an aromatic ring is 1. The molecule has 4 N–H and O–H groups in total. The van der Waals surface area contributed by atoms with E-state index in [1.54, 1.807) is 17.4 Å². The molecular formula is C18H11N3O2S2. The van der Waals surface area contributed by atoms with Crippen molar-refractivity contribution in [1.82, 2.24) is 4.98 Å². The van der Waals surface area contributed by atoms with Gasteiger partial charge in [0.15, 0.2) is 5.56 Å². The summed E-state index contributed by atoms with van der Waals surface area (Å²) < 4.78 is 0. The standard InChI is InChI=1S/C18H11N3O2S2/c19-7-11-16(22)15-12(8-24-18(15)21-17(11)23)14-6-5-13(25-14)9-1-3-10(20)4-2-9/h1-6,8H,20H2,(H2,21,22,23). The topological polar surface area (TPSA) is 103 Å². The van der Waals surface area contributed by atoms with Gasteiger partial charge in [0.05, 0.1) is 5.39 Å². The Balaban J connectivity index is 1.88. The van der Waals surface area contributed by atoms with Crippen molar-refractivity contribution < 1.29 is 5.11 Å². The summed E-state index contributed by atoms with van der Waals surface area (Å²) in [5.41, 5.74) is 7.46. The van der Waals surface area contributed by atoms with Gasteiger partial charge in [-0.15, -0.1) is 22.7 Å². The molecule has 0 spiro atoms. The van der Waals surface area contributed by atoms with Crippen molar-refractivity contribution >= 4 is 38.6 Å². The van der Waals surface area contributed by atoms with E-state index in [9.17, 15) is 9.90 Å². The number of nitrogens with two attached hydrogens (primary N) is 1. The summed E-state index contributed by atoms with van der Waals surface area (Å²) in [6.45, 7) is 0. The van der Waals surface area contributed by atoms with Gasteiger partial charge in [0, 0.05) is 26.4 Å². The number of anilines is 1. The number of nitrogens with zero attached hydrogens (tertiary/aromatic N) is 1. The molecule has 122 valence electrons. The van der Waals surface area contributed by atoms with E-state index in [4.69, 9.17) is 11.0 Å². The number of fused-ring (bicyclic) bond motifs is 1. The summed E-state index contributed by atoms with van der Waals surface area (Å²) in [7, 11) is 0. The monoisotopic (exact) mass is 365 g/mol. The number of nitrogens with one attached hydrogen (secondary N) is 1. The molecule has 0 atom stereocenters. The van der Waals surface area contributed by atoms with Crippen LogP contribution in [0.3, 0.4) is 0 Å². The lowest BCUT2D eigenvalue weighted by atomic mass is 10.1. The maximum atomic E-state index is 11.8. The SMILES string of the molecule is N#Cc1c(O)c2c(-c3ccc(-c4ccc(N)cc4)s3)csc2[nH]c1=O. The van der Waals surface area contributed by atoms with E-state index in [0.29, 0.717) is 15.9 Å². The van der Waals surface area contributed by atoms with Crippen LogP contribution in [-0.2, 0) is 0 Å². The number of hydrogen-bond acceptors (Lipinski definition) is 6. The smallest absolute Gasteiger partial charge is 0.270 e. The summed E-state index contributed by atoms with van der Waals surface area (Å²) in [5, 5.41) is 21.9. The largest absolute Gasteiger partial charge is 0.506 e. The van der Waals surface area contributed by atoms with E-state index in [-0.39, 0.29) is 11.3 Å². The summed E-state index contributed by atoms with van der Waals surface area (Å²) in [6.07, 6.45) is 0. The number of nitriles is 1. The average Bonchev–Trinajstić information content (AvgIpc) is 3.22. The molecule has 1 aromatic carbocycles. The molecule has 4 rings (SSSR count). The predicted molar refractivity (Wildman–Crippen MR) is 102 cm³/mol. The Morgan fingerprint density at radius 1 is 1.12 bits per heavy atom. The van der Waals surface area contributed by atoms with Crippen LogP contribution in [0, 0.1) is 11.3 Å². The normalized spacial score (nSPS) is 10.8. The Morgan fingerprint density at radius 2 is 1.84 bits per heavy atom. The van der Waals surface area contributed by atoms with Gasteiger partial charge in [-0.3, -0.25) is 4.79 Å². The minimum Gasteiger partial charge on any atom is -0.506 e. The number of rotatable bonds is 2. The first kappa shape index (κ1) is 15.4. The Hall–Kier alpha value is -3.08. The van der Waals surface area contributed by atoms with Crippen LogP contribution in [0.25, 0.3) is 31.1 Å². The Morgan fingerprint density at radius 3 is 2.56 bits per heavy atom. The number of hydrogen-bond donors (Lipinski definition) is 3. The quantitative estimate of drug-likeness (QED) is 0.464. The fourth-order valence-electron chi connectivity index (χ4n) is 2.65. The average molecular weight is 365 g/mol. The highest BCUT2D eigenvalue weighted by Gasteiger charge is 2.18. The lowest BCUT2D eigenvalue weighted by Gasteiger charge is -2.01. The second-order valence-electron chi connectivity index (χ2n) is 5.43. The molecule has 4 aromatic rings. The lowest BCUT2D eigenvalue weighted by Crippen LogP contribution is -2.09. The summed E-state index contributed by atoms with van der Waals surface area (Å²) in [6, 6.07) is 13.4. The van der Waals surface area contributed by atoms with Crippen LogP contribution >= 0.6 is 22.7 Å². The second-order valence-corrected chi connectivity index (χ2v) is 7.39. The molecule has 0 aliphatic heterocycles. The Kier molecular flexibility index (Phi) is 3.57. The first-order valence-electron chi connectivity index (χ1n) is 7.31. The van der Waals surface area contributed by atoms with Gasteiger partial charge in [-0.2, -0.15) is 5.26 Å². The van der Waals surface area contributed by atoms with E-state index < -0.39 is 5.56 Å². The van der Waals surface area contributed by atoms with Gasteiger partial charge in [0.2, 0.25) is 0 Å². The van der Waals surface area contributed by atoms with E-state index in [0.717, 1.165) is 20.9 Å². The third-order valence-corrected chi connectivity index (χ3v) is 5.96. The summed E-state index contributed by atoms with van der Waals surface area (Å²) in [5.74, 6) is -0.264. The first-order chi connectivity index (χ1) is 12.1. The van der Waals surface area contributed by atoms with Gasteiger partial charge < -0.3 is 15.8 Å². The molecule has 0 unspecified atom stereocenters. The highest BCUT2D eigenvalue weighted by Crippen LogP contribution is 2.43. The third kappa shape index (κ3) is 2.48. The minimum absolute atomic E-state index is 0.262. The van der Waals surface area contributed by atoms with Crippen molar-refractivity contribution in [3.63, 3.8) is 0 Å². The molecular weight excluding hydrogens is 354 g/mol. The van der Waals surface area contributed by atoms with Gasteiger partial charge in [0.25, 0.3) is 5.56 Å². The Labute approximate surface area is 150 Å². The van der Waals surface area contributed by atoms with Crippen LogP contribution in [0.4, 0.5) is 5.69 Å². The maximum Gasteiger partial charge on any atom is 0.270 e.